The molecule has 0 saturated heterocycles. The van der Waals surface area contributed by atoms with Crippen molar-refractivity contribution in [3.8, 4) is 0 Å². The van der Waals surface area contributed by atoms with Gasteiger partial charge in [0.2, 0.25) is 0 Å². The number of rotatable bonds is 1. The molecule has 0 aromatic heterocycles. The summed E-state index contributed by atoms with van der Waals surface area (Å²) in [4.78, 5) is 26.1. The molecule has 120 valence electrons. The standard InChI is InChI=1S/C17H23NO4/c1-17(2,3)22-16(20)18-10-9-12-7-5-6-8-13(12)11-14(18)15(19)21-4/h5-8,14H,9-11H2,1-4H3/t14-/m1/s1. The van der Waals surface area contributed by atoms with Gasteiger partial charge in [0.15, 0.2) is 0 Å². The van der Waals surface area contributed by atoms with E-state index in [2.05, 4.69) is 0 Å². The predicted molar refractivity (Wildman–Crippen MR) is 82.6 cm³/mol. The van der Waals surface area contributed by atoms with E-state index < -0.39 is 23.7 Å². The van der Waals surface area contributed by atoms with E-state index in [0.29, 0.717) is 19.4 Å². The van der Waals surface area contributed by atoms with Crippen LogP contribution in [0.4, 0.5) is 4.79 Å². The summed E-state index contributed by atoms with van der Waals surface area (Å²) in [6, 6.07) is 7.28. The smallest absolute Gasteiger partial charge is 0.411 e. The van der Waals surface area contributed by atoms with Gasteiger partial charge >= 0.3 is 12.1 Å². The SMILES string of the molecule is COC(=O)[C@H]1Cc2ccccc2CCN1C(=O)OC(C)(C)C. The molecule has 1 aliphatic rings. The fraction of sp³-hybridized carbons (Fsp3) is 0.529. The normalized spacial score (nSPS) is 18.2. The maximum Gasteiger partial charge on any atom is 0.411 e. The lowest BCUT2D eigenvalue weighted by atomic mass is 10.0. The quantitative estimate of drug-likeness (QED) is 0.748. The Hall–Kier alpha value is -2.04. The molecule has 0 saturated carbocycles. The number of amides is 1. The first-order valence-corrected chi connectivity index (χ1v) is 7.46. The van der Waals surface area contributed by atoms with Crippen LogP contribution < -0.4 is 0 Å². The van der Waals surface area contributed by atoms with Gasteiger partial charge in [-0.3, -0.25) is 4.90 Å². The molecule has 0 N–H and O–H groups in total. The number of hydrogen-bond acceptors (Lipinski definition) is 4. The fourth-order valence-electron chi connectivity index (χ4n) is 2.60. The van der Waals surface area contributed by atoms with Crippen LogP contribution in [0.3, 0.4) is 0 Å². The first-order chi connectivity index (χ1) is 10.3. The number of nitrogens with zero attached hydrogens (tertiary/aromatic N) is 1. The van der Waals surface area contributed by atoms with Crippen LogP contribution in [0.2, 0.25) is 0 Å². The summed E-state index contributed by atoms with van der Waals surface area (Å²) in [7, 11) is 1.34. The van der Waals surface area contributed by atoms with E-state index in [4.69, 9.17) is 9.47 Å². The van der Waals surface area contributed by atoms with Crippen LogP contribution in [-0.4, -0.2) is 42.3 Å². The summed E-state index contributed by atoms with van der Waals surface area (Å²) in [6.45, 7) is 5.87. The molecule has 0 spiro atoms. The minimum Gasteiger partial charge on any atom is -0.467 e. The van der Waals surface area contributed by atoms with Gasteiger partial charge in [0.25, 0.3) is 0 Å². The van der Waals surface area contributed by atoms with E-state index in [1.165, 1.54) is 12.0 Å². The molecule has 0 bridgehead atoms. The van der Waals surface area contributed by atoms with Crippen molar-refractivity contribution in [3.05, 3.63) is 35.4 Å². The monoisotopic (exact) mass is 305 g/mol. The molecule has 1 aromatic rings. The number of benzene rings is 1. The Labute approximate surface area is 131 Å². The average Bonchev–Trinajstić information content (AvgIpc) is 2.64. The van der Waals surface area contributed by atoms with Crippen molar-refractivity contribution in [3.63, 3.8) is 0 Å². The van der Waals surface area contributed by atoms with Crippen LogP contribution in [0.15, 0.2) is 24.3 Å². The minimum atomic E-state index is -0.650. The number of esters is 1. The maximum absolute atomic E-state index is 12.4. The Morgan fingerprint density at radius 1 is 1.18 bits per heavy atom. The lowest BCUT2D eigenvalue weighted by Crippen LogP contribution is -2.48. The topological polar surface area (TPSA) is 55.8 Å². The third kappa shape index (κ3) is 3.78. The van der Waals surface area contributed by atoms with Crippen LogP contribution in [0.1, 0.15) is 31.9 Å². The van der Waals surface area contributed by atoms with Crippen LogP contribution in [0.25, 0.3) is 0 Å². The highest BCUT2D eigenvalue weighted by atomic mass is 16.6. The largest absolute Gasteiger partial charge is 0.467 e. The lowest BCUT2D eigenvalue weighted by Gasteiger charge is -2.30. The zero-order valence-corrected chi connectivity index (χ0v) is 13.6. The summed E-state index contributed by atoms with van der Waals surface area (Å²) in [6.07, 6.45) is 0.668. The van der Waals surface area contributed by atoms with Gasteiger partial charge < -0.3 is 9.47 Å². The van der Waals surface area contributed by atoms with Gasteiger partial charge in [-0.15, -0.1) is 0 Å². The lowest BCUT2D eigenvalue weighted by molar-refractivity contribution is -0.146. The summed E-state index contributed by atoms with van der Waals surface area (Å²) in [5, 5.41) is 0. The van der Waals surface area contributed by atoms with Crippen LogP contribution in [0, 0.1) is 0 Å². The van der Waals surface area contributed by atoms with Gasteiger partial charge in [-0.1, -0.05) is 24.3 Å². The number of ether oxygens (including phenoxy) is 2. The third-order valence-corrected chi connectivity index (χ3v) is 3.63. The Kier molecular flexibility index (Phi) is 4.74. The fourth-order valence-corrected chi connectivity index (χ4v) is 2.60. The van der Waals surface area contributed by atoms with Gasteiger partial charge in [-0.25, -0.2) is 9.59 Å². The second kappa shape index (κ2) is 6.38. The van der Waals surface area contributed by atoms with Crippen molar-refractivity contribution in [2.45, 2.75) is 45.3 Å². The minimum absolute atomic E-state index is 0.414. The molecule has 1 aromatic carbocycles. The third-order valence-electron chi connectivity index (χ3n) is 3.63. The van der Waals surface area contributed by atoms with Crippen molar-refractivity contribution in [1.29, 1.82) is 0 Å². The molecule has 1 amide bonds. The number of carbonyl (C=O) groups is 2. The second-order valence-corrected chi connectivity index (χ2v) is 6.44. The van der Waals surface area contributed by atoms with Crippen LogP contribution in [0.5, 0.6) is 0 Å². The first kappa shape index (κ1) is 16.3. The highest BCUT2D eigenvalue weighted by Crippen LogP contribution is 2.22. The van der Waals surface area contributed by atoms with E-state index in [-0.39, 0.29) is 0 Å². The zero-order chi connectivity index (χ0) is 16.3. The molecular formula is C17H23NO4. The van der Waals surface area contributed by atoms with Gasteiger partial charge in [0.1, 0.15) is 11.6 Å². The van der Waals surface area contributed by atoms with E-state index >= 15 is 0 Å². The molecule has 5 heteroatoms. The van der Waals surface area contributed by atoms with Gasteiger partial charge in [-0.05, 0) is 38.3 Å². The van der Waals surface area contributed by atoms with Crippen molar-refractivity contribution in [2.24, 2.45) is 0 Å². The zero-order valence-electron chi connectivity index (χ0n) is 13.6. The van der Waals surface area contributed by atoms with Gasteiger partial charge in [0, 0.05) is 13.0 Å². The molecule has 0 unspecified atom stereocenters. The molecule has 1 atom stereocenters. The second-order valence-electron chi connectivity index (χ2n) is 6.44. The first-order valence-electron chi connectivity index (χ1n) is 7.46. The molecule has 1 aliphatic heterocycles. The van der Waals surface area contributed by atoms with Crippen LogP contribution >= 0.6 is 0 Å². The molecule has 2 rings (SSSR count). The Bertz CT molecular complexity index is 562. The highest BCUT2D eigenvalue weighted by molar-refractivity contribution is 5.82. The van der Waals surface area contributed by atoms with Gasteiger partial charge in [-0.2, -0.15) is 0 Å². The van der Waals surface area contributed by atoms with Crippen molar-refractivity contribution in [1.82, 2.24) is 4.90 Å². The molecule has 1 heterocycles. The molecular weight excluding hydrogens is 282 g/mol. The summed E-state index contributed by atoms with van der Waals surface area (Å²) >= 11 is 0. The molecule has 0 fully saturated rings. The van der Waals surface area contributed by atoms with E-state index in [1.54, 1.807) is 0 Å². The number of fused-ring (bicyclic) bond motifs is 1. The summed E-state index contributed by atoms with van der Waals surface area (Å²) in [5.41, 5.74) is 1.63. The Balaban J connectivity index is 2.28. The van der Waals surface area contributed by atoms with Crippen molar-refractivity contribution < 1.29 is 19.1 Å². The molecule has 0 aliphatic carbocycles. The van der Waals surface area contributed by atoms with Crippen molar-refractivity contribution in [2.75, 3.05) is 13.7 Å². The molecule has 22 heavy (non-hydrogen) atoms. The van der Waals surface area contributed by atoms with Crippen molar-refractivity contribution >= 4 is 12.1 Å². The number of methoxy groups -OCH3 is 1. The number of hydrogen-bond donors (Lipinski definition) is 0. The number of carbonyl (C=O) groups excluding carboxylic acids is 2. The summed E-state index contributed by atoms with van der Waals surface area (Å²) < 4.78 is 10.3. The molecule has 0 radical (unpaired) electrons. The predicted octanol–water partition coefficient (Wildman–Crippen LogP) is 2.56. The van der Waals surface area contributed by atoms with E-state index in [9.17, 15) is 9.59 Å². The highest BCUT2D eigenvalue weighted by Gasteiger charge is 2.35. The maximum atomic E-state index is 12.4. The Morgan fingerprint density at radius 2 is 1.82 bits per heavy atom. The van der Waals surface area contributed by atoms with Crippen LogP contribution in [-0.2, 0) is 27.1 Å². The average molecular weight is 305 g/mol. The Morgan fingerprint density at radius 3 is 2.41 bits per heavy atom. The van der Waals surface area contributed by atoms with E-state index in [1.807, 2.05) is 45.0 Å². The summed E-state index contributed by atoms with van der Waals surface area (Å²) in [5.74, 6) is -0.414. The molecule has 5 nitrogen and oxygen atoms in total. The van der Waals surface area contributed by atoms with Gasteiger partial charge in [0.05, 0.1) is 7.11 Å². The van der Waals surface area contributed by atoms with E-state index in [0.717, 1.165) is 11.1 Å².